The molecule has 4 nitrogen and oxygen atoms in total. The molecular weight excluding hydrogens is 376 g/mol. The molecule has 4 heteroatoms. The van der Waals surface area contributed by atoms with E-state index in [2.05, 4.69) is 34.3 Å². The summed E-state index contributed by atoms with van der Waals surface area (Å²) in [5.74, 6) is 0.970. The molecule has 3 fully saturated rings. The van der Waals surface area contributed by atoms with Crippen molar-refractivity contribution in [2.24, 2.45) is 22.7 Å². The minimum atomic E-state index is -0.573. The fraction of sp³-hybridized carbons (Fsp3) is 0.577. The smallest absolute Gasteiger partial charge is 0.338 e. The lowest BCUT2D eigenvalue weighted by atomic mass is 9.45. The van der Waals surface area contributed by atoms with E-state index in [0.717, 1.165) is 30.4 Å². The van der Waals surface area contributed by atoms with Gasteiger partial charge in [-0.05, 0) is 49.4 Å². The lowest BCUT2D eigenvalue weighted by molar-refractivity contribution is -0.164. The molecule has 1 aromatic rings. The van der Waals surface area contributed by atoms with Crippen LogP contribution < -0.4 is 0 Å². The van der Waals surface area contributed by atoms with Crippen molar-refractivity contribution in [2.45, 2.75) is 71.7 Å². The highest BCUT2D eigenvalue weighted by molar-refractivity contribution is 5.92. The fourth-order valence-corrected chi connectivity index (χ4v) is 7.25. The molecule has 4 aliphatic rings. The van der Waals surface area contributed by atoms with Crippen LogP contribution in [0.25, 0.3) is 5.76 Å². The Balaban J connectivity index is 1.50. The first-order valence-corrected chi connectivity index (χ1v) is 11.2. The summed E-state index contributed by atoms with van der Waals surface area (Å²) in [5.41, 5.74) is 2.41. The zero-order chi connectivity index (χ0) is 21.3. The third-order valence-corrected chi connectivity index (χ3v) is 8.43. The van der Waals surface area contributed by atoms with Gasteiger partial charge in [0.25, 0.3) is 6.29 Å². The van der Waals surface area contributed by atoms with E-state index in [1.807, 2.05) is 24.3 Å². The summed E-state index contributed by atoms with van der Waals surface area (Å²) in [7, 11) is 0. The van der Waals surface area contributed by atoms with E-state index >= 15 is 0 Å². The van der Waals surface area contributed by atoms with E-state index in [-0.39, 0.29) is 22.7 Å². The average molecular weight is 409 g/mol. The number of carbonyl (C=O) groups excluding carboxylic acids is 1. The summed E-state index contributed by atoms with van der Waals surface area (Å²) in [6.07, 6.45) is 6.63. The number of benzene rings is 1. The summed E-state index contributed by atoms with van der Waals surface area (Å²) in [4.78, 5) is 13.0. The van der Waals surface area contributed by atoms with Crippen LogP contribution in [0.1, 0.15) is 77.2 Å². The molecule has 1 unspecified atom stereocenters. The number of hydrogen-bond acceptors (Lipinski definition) is 4. The van der Waals surface area contributed by atoms with Gasteiger partial charge in [0.1, 0.15) is 11.4 Å². The van der Waals surface area contributed by atoms with E-state index in [9.17, 15) is 4.79 Å². The van der Waals surface area contributed by atoms with Crippen LogP contribution in [-0.4, -0.2) is 11.6 Å². The minimum absolute atomic E-state index is 0.0220. The molecule has 1 aromatic carbocycles. The van der Waals surface area contributed by atoms with Crippen molar-refractivity contribution in [1.29, 1.82) is 0 Å². The number of hydrogen-bond donors (Lipinski definition) is 0. The molecule has 0 N–H and O–H groups in total. The molecule has 0 spiro atoms. The minimum Gasteiger partial charge on any atom is -0.458 e. The third-order valence-electron chi connectivity index (χ3n) is 8.43. The molecule has 2 aliphatic heterocycles. The SMILES string of the molecule is C=C1OC(O/C=C2/C(=O)O[C@]3(C)CC[C@H]4C(C)(C)CCC[C@]4(C)[C@@H]23)c2ccccc21. The molecule has 2 aliphatic carbocycles. The normalized spacial score (nSPS) is 40.3. The Morgan fingerprint density at radius 2 is 1.90 bits per heavy atom. The third kappa shape index (κ3) is 2.68. The second kappa shape index (κ2) is 6.38. The largest absolute Gasteiger partial charge is 0.458 e. The van der Waals surface area contributed by atoms with Gasteiger partial charge in [-0.1, -0.05) is 58.0 Å². The Bertz CT molecular complexity index is 944. The van der Waals surface area contributed by atoms with Crippen LogP contribution in [0.15, 0.2) is 42.7 Å². The predicted octanol–water partition coefficient (Wildman–Crippen LogP) is 6.14. The first kappa shape index (κ1) is 19.7. The van der Waals surface area contributed by atoms with Crippen molar-refractivity contribution in [3.05, 3.63) is 53.8 Å². The van der Waals surface area contributed by atoms with Gasteiger partial charge in [-0.25, -0.2) is 4.79 Å². The molecule has 2 saturated carbocycles. The fourth-order valence-electron chi connectivity index (χ4n) is 7.25. The quantitative estimate of drug-likeness (QED) is 0.335. The Hall–Kier alpha value is -2.23. The van der Waals surface area contributed by atoms with Crippen LogP contribution in [0.4, 0.5) is 0 Å². The standard InChI is InChI=1S/C26H32O4/c1-16-17-9-6-7-10-18(17)23(29-16)28-15-19-21-25(4)13-8-12-24(2,3)20(25)11-14-26(21,5)30-22(19)27/h6-7,9-10,15,20-21,23H,1,8,11-14H2,2-5H3/b19-15+/t20-,21+,23?,25-,26+/m0/s1. The number of rotatable bonds is 2. The molecule has 0 radical (unpaired) electrons. The molecule has 0 aromatic heterocycles. The lowest BCUT2D eigenvalue weighted by Crippen LogP contribution is -2.56. The zero-order valence-electron chi connectivity index (χ0n) is 18.5. The highest BCUT2D eigenvalue weighted by Gasteiger charge is 2.65. The van der Waals surface area contributed by atoms with Crippen molar-refractivity contribution in [3.63, 3.8) is 0 Å². The molecule has 0 amide bonds. The van der Waals surface area contributed by atoms with Gasteiger partial charge in [0.05, 0.1) is 11.8 Å². The van der Waals surface area contributed by atoms with Gasteiger partial charge in [0.2, 0.25) is 0 Å². The number of ether oxygens (including phenoxy) is 3. The second-order valence-electron chi connectivity index (χ2n) is 10.7. The van der Waals surface area contributed by atoms with Gasteiger partial charge < -0.3 is 14.2 Å². The second-order valence-corrected chi connectivity index (χ2v) is 10.7. The van der Waals surface area contributed by atoms with Crippen LogP contribution >= 0.6 is 0 Å². The lowest BCUT2D eigenvalue weighted by Gasteiger charge is -2.59. The highest BCUT2D eigenvalue weighted by atomic mass is 16.7. The number of esters is 1. The molecular formula is C26H32O4. The maximum atomic E-state index is 13.0. The van der Waals surface area contributed by atoms with Crippen molar-refractivity contribution in [3.8, 4) is 0 Å². The van der Waals surface area contributed by atoms with Crippen molar-refractivity contribution in [1.82, 2.24) is 0 Å². The monoisotopic (exact) mass is 408 g/mol. The molecule has 2 heterocycles. The van der Waals surface area contributed by atoms with E-state index in [1.54, 1.807) is 6.26 Å². The summed E-state index contributed by atoms with van der Waals surface area (Å²) in [5, 5.41) is 0. The topological polar surface area (TPSA) is 44.8 Å². The Kier molecular flexibility index (Phi) is 4.20. The molecule has 1 saturated heterocycles. The maximum absolute atomic E-state index is 13.0. The van der Waals surface area contributed by atoms with Gasteiger partial charge in [0.15, 0.2) is 0 Å². The van der Waals surface area contributed by atoms with Gasteiger partial charge in [-0.2, -0.15) is 0 Å². The van der Waals surface area contributed by atoms with Crippen molar-refractivity contribution < 1.29 is 19.0 Å². The summed E-state index contributed by atoms with van der Waals surface area (Å²) in [6.45, 7) is 13.3. The van der Waals surface area contributed by atoms with Crippen LogP contribution in [0.3, 0.4) is 0 Å². The van der Waals surface area contributed by atoms with E-state index in [1.165, 1.54) is 12.8 Å². The number of carbonyl (C=O) groups is 1. The van der Waals surface area contributed by atoms with Crippen LogP contribution in [0.5, 0.6) is 0 Å². The highest BCUT2D eigenvalue weighted by Crippen LogP contribution is 2.66. The molecule has 160 valence electrons. The van der Waals surface area contributed by atoms with Crippen LogP contribution in [0.2, 0.25) is 0 Å². The summed E-state index contributed by atoms with van der Waals surface area (Å²) >= 11 is 0. The Morgan fingerprint density at radius 3 is 2.70 bits per heavy atom. The van der Waals surface area contributed by atoms with Crippen molar-refractivity contribution in [2.75, 3.05) is 0 Å². The van der Waals surface area contributed by atoms with Gasteiger partial charge in [0, 0.05) is 17.0 Å². The van der Waals surface area contributed by atoms with Gasteiger partial charge >= 0.3 is 5.97 Å². The van der Waals surface area contributed by atoms with Crippen LogP contribution in [0, 0.1) is 22.7 Å². The van der Waals surface area contributed by atoms with E-state index in [0.29, 0.717) is 17.3 Å². The Morgan fingerprint density at radius 1 is 1.13 bits per heavy atom. The predicted molar refractivity (Wildman–Crippen MR) is 115 cm³/mol. The maximum Gasteiger partial charge on any atom is 0.338 e. The average Bonchev–Trinajstić information content (AvgIpc) is 3.13. The van der Waals surface area contributed by atoms with E-state index < -0.39 is 11.9 Å². The van der Waals surface area contributed by atoms with Gasteiger partial charge in [-0.3, -0.25) is 0 Å². The molecule has 0 bridgehead atoms. The van der Waals surface area contributed by atoms with Crippen molar-refractivity contribution >= 4 is 11.7 Å². The first-order valence-electron chi connectivity index (χ1n) is 11.2. The molecule has 30 heavy (non-hydrogen) atoms. The molecule has 5 atom stereocenters. The summed E-state index contributed by atoms with van der Waals surface area (Å²) < 4.78 is 17.9. The molecule has 5 rings (SSSR count). The van der Waals surface area contributed by atoms with Gasteiger partial charge in [-0.15, -0.1) is 0 Å². The zero-order valence-corrected chi connectivity index (χ0v) is 18.5. The first-order chi connectivity index (χ1) is 14.2. The number of fused-ring (bicyclic) bond motifs is 4. The Labute approximate surface area is 179 Å². The van der Waals surface area contributed by atoms with E-state index in [4.69, 9.17) is 14.2 Å². The summed E-state index contributed by atoms with van der Waals surface area (Å²) in [6, 6.07) is 7.88. The van der Waals surface area contributed by atoms with Crippen LogP contribution in [-0.2, 0) is 19.0 Å².